The van der Waals surface area contributed by atoms with Gasteiger partial charge >= 0.3 is 0 Å². The minimum absolute atomic E-state index is 0.212. The van der Waals surface area contributed by atoms with Crippen LogP contribution in [0.1, 0.15) is 37.1 Å². The van der Waals surface area contributed by atoms with Gasteiger partial charge in [0.2, 0.25) is 0 Å². The number of carbonyl (C=O) groups excluding carboxylic acids is 1. The number of amides is 1. The molecule has 3 rings (SSSR count). The van der Waals surface area contributed by atoms with Gasteiger partial charge in [0.15, 0.2) is 5.82 Å². The Morgan fingerprint density at radius 2 is 2.14 bits per heavy atom. The van der Waals surface area contributed by atoms with Crippen LogP contribution in [0, 0.1) is 0 Å². The number of nitrogens with zero attached hydrogens (tertiary/aromatic N) is 6. The molecule has 0 fully saturated rings. The summed E-state index contributed by atoms with van der Waals surface area (Å²) >= 11 is 0. The average molecular weight is 299 g/mol. The summed E-state index contributed by atoms with van der Waals surface area (Å²) in [5.74, 6) is 0.261. The summed E-state index contributed by atoms with van der Waals surface area (Å²) < 4.78 is 1.73. The fourth-order valence-electron chi connectivity index (χ4n) is 1.98. The number of tetrazole rings is 1. The highest BCUT2D eigenvalue weighted by Gasteiger charge is 2.17. The Morgan fingerprint density at radius 3 is 2.86 bits per heavy atom. The molecule has 0 saturated carbocycles. The molecule has 1 amide bonds. The molecule has 0 spiro atoms. The van der Waals surface area contributed by atoms with Gasteiger partial charge in [-0.15, -0.1) is 10.2 Å². The summed E-state index contributed by atoms with van der Waals surface area (Å²) in [6.07, 6.45) is 3.40. The monoisotopic (exact) mass is 299 g/mol. The van der Waals surface area contributed by atoms with Crippen LogP contribution in [-0.2, 0) is 12.1 Å². The minimum atomic E-state index is -0.238. The maximum absolute atomic E-state index is 12.3. The highest BCUT2D eigenvalue weighted by atomic mass is 16.1. The Morgan fingerprint density at radius 1 is 1.32 bits per heavy atom. The molecule has 3 heterocycles. The Labute approximate surface area is 127 Å². The SMILES string of the molecule is CC(C)(C)n1nnc(CNC(=O)c2cccc3nccn23)n1. The van der Waals surface area contributed by atoms with Crippen molar-refractivity contribution in [2.75, 3.05) is 0 Å². The van der Waals surface area contributed by atoms with Crippen LogP contribution in [0.4, 0.5) is 0 Å². The summed E-state index contributed by atoms with van der Waals surface area (Å²) in [6, 6.07) is 5.38. The lowest BCUT2D eigenvalue weighted by Gasteiger charge is -2.15. The van der Waals surface area contributed by atoms with Gasteiger partial charge in [-0.05, 0) is 38.1 Å². The molecule has 114 valence electrons. The smallest absolute Gasteiger partial charge is 0.268 e. The Hall–Kier alpha value is -2.77. The van der Waals surface area contributed by atoms with Crippen LogP contribution in [0.5, 0.6) is 0 Å². The molecule has 8 nitrogen and oxygen atoms in total. The number of hydrogen-bond acceptors (Lipinski definition) is 5. The first-order valence-corrected chi connectivity index (χ1v) is 6.95. The van der Waals surface area contributed by atoms with Gasteiger partial charge in [0.25, 0.3) is 5.91 Å². The first-order chi connectivity index (χ1) is 10.4. The fourth-order valence-corrected chi connectivity index (χ4v) is 1.98. The van der Waals surface area contributed by atoms with E-state index in [0.29, 0.717) is 11.5 Å². The lowest BCUT2D eigenvalue weighted by atomic mass is 10.1. The molecule has 8 heteroatoms. The molecule has 0 bridgehead atoms. The van der Waals surface area contributed by atoms with E-state index in [0.717, 1.165) is 5.65 Å². The van der Waals surface area contributed by atoms with E-state index in [2.05, 4.69) is 25.7 Å². The van der Waals surface area contributed by atoms with Crippen LogP contribution in [0.15, 0.2) is 30.6 Å². The number of hydrogen-bond donors (Lipinski definition) is 1. The molecule has 3 aromatic rings. The third-order valence-corrected chi connectivity index (χ3v) is 3.12. The third kappa shape index (κ3) is 2.67. The van der Waals surface area contributed by atoms with E-state index in [-0.39, 0.29) is 18.0 Å². The molecule has 1 N–H and O–H groups in total. The van der Waals surface area contributed by atoms with E-state index >= 15 is 0 Å². The summed E-state index contributed by atoms with van der Waals surface area (Å²) in [5, 5.41) is 15.0. The number of rotatable bonds is 3. The molecule has 0 aromatic carbocycles. The predicted octanol–water partition coefficient (Wildman–Crippen LogP) is 1.01. The van der Waals surface area contributed by atoms with Gasteiger partial charge in [0.1, 0.15) is 11.3 Å². The summed E-state index contributed by atoms with van der Waals surface area (Å²) in [4.78, 5) is 18.0. The van der Waals surface area contributed by atoms with Gasteiger partial charge in [0.05, 0.1) is 12.1 Å². The first kappa shape index (κ1) is 14.2. The summed E-state index contributed by atoms with van der Waals surface area (Å²) in [5.41, 5.74) is 1.00. The van der Waals surface area contributed by atoms with E-state index in [1.807, 2.05) is 26.8 Å². The van der Waals surface area contributed by atoms with Crippen molar-refractivity contribution in [3.05, 3.63) is 42.1 Å². The maximum Gasteiger partial charge on any atom is 0.268 e. The summed E-state index contributed by atoms with van der Waals surface area (Å²) in [6.45, 7) is 6.17. The van der Waals surface area contributed by atoms with Crippen molar-refractivity contribution >= 4 is 11.6 Å². The topological polar surface area (TPSA) is 90.0 Å². The van der Waals surface area contributed by atoms with Crippen molar-refractivity contribution < 1.29 is 4.79 Å². The second-order valence-corrected chi connectivity index (χ2v) is 5.92. The zero-order valence-electron chi connectivity index (χ0n) is 12.7. The molecular weight excluding hydrogens is 282 g/mol. The van der Waals surface area contributed by atoms with Crippen molar-refractivity contribution in [2.24, 2.45) is 0 Å². The van der Waals surface area contributed by atoms with E-state index in [9.17, 15) is 4.79 Å². The molecule has 0 aliphatic carbocycles. The number of carbonyl (C=O) groups is 1. The molecule has 0 aliphatic rings. The number of nitrogens with one attached hydrogen (secondary N) is 1. The zero-order valence-corrected chi connectivity index (χ0v) is 12.7. The largest absolute Gasteiger partial charge is 0.343 e. The molecule has 0 radical (unpaired) electrons. The average Bonchev–Trinajstić information content (AvgIpc) is 3.12. The van der Waals surface area contributed by atoms with Crippen LogP contribution in [-0.4, -0.2) is 35.5 Å². The quantitative estimate of drug-likeness (QED) is 0.779. The van der Waals surface area contributed by atoms with Gasteiger partial charge < -0.3 is 5.32 Å². The Kier molecular flexibility index (Phi) is 3.36. The number of imidazole rings is 1. The van der Waals surface area contributed by atoms with Crippen LogP contribution in [0.3, 0.4) is 0 Å². The van der Waals surface area contributed by atoms with Crippen molar-refractivity contribution in [1.82, 2.24) is 34.9 Å². The van der Waals surface area contributed by atoms with E-state index in [4.69, 9.17) is 0 Å². The van der Waals surface area contributed by atoms with Crippen molar-refractivity contribution in [2.45, 2.75) is 32.9 Å². The minimum Gasteiger partial charge on any atom is -0.343 e. The lowest BCUT2D eigenvalue weighted by Crippen LogP contribution is -2.27. The second kappa shape index (κ2) is 5.21. The molecule has 22 heavy (non-hydrogen) atoms. The summed E-state index contributed by atoms with van der Waals surface area (Å²) in [7, 11) is 0. The van der Waals surface area contributed by atoms with Gasteiger partial charge in [-0.25, -0.2) is 4.98 Å². The normalized spacial score (nSPS) is 11.8. The molecule has 3 aromatic heterocycles. The maximum atomic E-state index is 12.3. The lowest BCUT2D eigenvalue weighted by molar-refractivity contribution is 0.0943. The van der Waals surface area contributed by atoms with Crippen LogP contribution in [0.2, 0.25) is 0 Å². The van der Waals surface area contributed by atoms with Crippen LogP contribution < -0.4 is 5.32 Å². The first-order valence-electron chi connectivity index (χ1n) is 6.95. The van der Waals surface area contributed by atoms with Gasteiger partial charge in [-0.3, -0.25) is 9.20 Å². The molecule has 0 atom stereocenters. The Balaban J connectivity index is 1.73. The molecular formula is C14H17N7O. The molecule has 0 aliphatic heterocycles. The zero-order chi connectivity index (χ0) is 15.7. The molecule has 0 unspecified atom stereocenters. The van der Waals surface area contributed by atoms with E-state index in [1.54, 1.807) is 28.9 Å². The van der Waals surface area contributed by atoms with E-state index < -0.39 is 0 Å². The van der Waals surface area contributed by atoms with Gasteiger partial charge in [-0.1, -0.05) is 6.07 Å². The van der Waals surface area contributed by atoms with Gasteiger partial charge in [0, 0.05) is 12.4 Å². The standard InChI is InChI=1S/C14H17N7O/c1-14(2,3)21-18-11(17-19-21)9-16-13(22)10-5-4-6-12-15-7-8-20(10)12/h4-8H,9H2,1-3H3,(H,16,22). The van der Waals surface area contributed by atoms with Gasteiger partial charge in [-0.2, -0.15) is 4.80 Å². The Bertz CT molecular complexity index is 812. The van der Waals surface area contributed by atoms with E-state index in [1.165, 1.54) is 4.80 Å². The van der Waals surface area contributed by atoms with Crippen molar-refractivity contribution in [1.29, 1.82) is 0 Å². The van der Waals surface area contributed by atoms with Crippen LogP contribution >= 0.6 is 0 Å². The van der Waals surface area contributed by atoms with Crippen molar-refractivity contribution in [3.8, 4) is 0 Å². The highest BCUT2D eigenvalue weighted by molar-refractivity contribution is 5.93. The van der Waals surface area contributed by atoms with Crippen LogP contribution in [0.25, 0.3) is 5.65 Å². The second-order valence-electron chi connectivity index (χ2n) is 5.92. The van der Waals surface area contributed by atoms with Crippen molar-refractivity contribution in [3.63, 3.8) is 0 Å². The highest BCUT2D eigenvalue weighted by Crippen LogP contribution is 2.09. The number of fused-ring (bicyclic) bond motifs is 1. The molecule has 0 saturated heterocycles. The third-order valence-electron chi connectivity index (χ3n) is 3.12. The number of pyridine rings is 1. The number of aromatic nitrogens is 6. The fraction of sp³-hybridized carbons (Fsp3) is 0.357. The predicted molar refractivity (Wildman–Crippen MR) is 79.2 cm³/mol.